The fraction of sp³-hybridized carbons (Fsp3) is 0.545. The van der Waals surface area contributed by atoms with Crippen LogP contribution in [0.3, 0.4) is 0 Å². The molecule has 1 aromatic heterocycles. The van der Waals surface area contributed by atoms with Crippen LogP contribution in [-0.4, -0.2) is 32.9 Å². The van der Waals surface area contributed by atoms with Gasteiger partial charge in [-0.3, -0.25) is 4.68 Å². The molecule has 1 atom stereocenters. The normalized spacial score (nSPS) is 11.9. The van der Waals surface area contributed by atoms with Crippen LogP contribution >= 0.6 is 0 Å². The maximum absolute atomic E-state index is 11.5. The molecule has 18 heavy (non-hydrogen) atoms. The highest BCUT2D eigenvalue weighted by Crippen LogP contribution is 1.97. The Labute approximate surface area is 105 Å². The average Bonchev–Trinajstić information content (AvgIpc) is 2.72. The number of carbonyl (C=O) groups excluding carboxylic acids is 1. The summed E-state index contributed by atoms with van der Waals surface area (Å²) in [5.74, 6) is -1.02. The number of carboxylic acid groups (broad SMARTS) is 1. The molecule has 0 aliphatic heterocycles. The highest BCUT2D eigenvalue weighted by molar-refractivity contribution is 5.82. The SMILES string of the molecule is CCC[C@H](NC(=O)NCc1ccn(C)n1)C(=O)O. The zero-order chi connectivity index (χ0) is 13.5. The third kappa shape index (κ3) is 4.44. The molecule has 0 aliphatic carbocycles. The first-order chi connectivity index (χ1) is 8.52. The molecule has 0 fully saturated rings. The van der Waals surface area contributed by atoms with E-state index in [0.29, 0.717) is 12.8 Å². The van der Waals surface area contributed by atoms with E-state index in [2.05, 4.69) is 15.7 Å². The molecule has 7 heteroatoms. The third-order valence-electron chi connectivity index (χ3n) is 2.38. The maximum Gasteiger partial charge on any atom is 0.326 e. The van der Waals surface area contributed by atoms with Crippen molar-refractivity contribution in [2.24, 2.45) is 7.05 Å². The molecule has 7 nitrogen and oxygen atoms in total. The van der Waals surface area contributed by atoms with Gasteiger partial charge < -0.3 is 15.7 Å². The number of rotatable bonds is 6. The molecule has 0 bridgehead atoms. The summed E-state index contributed by atoms with van der Waals surface area (Å²) in [4.78, 5) is 22.3. The fourth-order valence-electron chi connectivity index (χ4n) is 1.48. The molecule has 0 spiro atoms. The largest absolute Gasteiger partial charge is 0.480 e. The van der Waals surface area contributed by atoms with Gasteiger partial charge in [-0.2, -0.15) is 5.10 Å². The van der Waals surface area contributed by atoms with Crippen molar-refractivity contribution in [1.82, 2.24) is 20.4 Å². The number of nitrogens with zero attached hydrogens (tertiary/aromatic N) is 2. The number of nitrogens with one attached hydrogen (secondary N) is 2. The van der Waals surface area contributed by atoms with Crippen molar-refractivity contribution in [2.45, 2.75) is 32.4 Å². The third-order valence-corrected chi connectivity index (χ3v) is 2.38. The minimum Gasteiger partial charge on any atom is -0.480 e. The first-order valence-corrected chi connectivity index (χ1v) is 5.78. The van der Waals surface area contributed by atoms with Gasteiger partial charge in [-0.15, -0.1) is 0 Å². The number of carbonyl (C=O) groups is 2. The average molecular weight is 254 g/mol. The van der Waals surface area contributed by atoms with Crippen molar-refractivity contribution in [3.8, 4) is 0 Å². The van der Waals surface area contributed by atoms with E-state index in [1.165, 1.54) is 0 Å². The van der Waals surface area contributed by atoms with Crippen LogP contribution in [0.25, 0.3) is 0 Å². The minimum absolute atomic E-state index is 0.269. The number of aliphatic carboxylic acids is 1. The molecule has 0 saturated heterocycles. The van der Waals surface area contributed by atoms with E-state index in [1.807, 2.05) is 6.92 Å². The number of carboxylic acids is 1. The van der Waals surface area contributed by atoms with Crippen LogP contribution < -0.4 is 10.6 Å². The van der Waals surface area contributed by atoms with Crippen LogP contribution in [0, 0.1) is 0 Å². The summed E-state index contributed by atoms with van der Waals surface area (Å²) in [7, 11) is 1.78. The van der Waals surface area contributed by atoms with Crippen LogP contribution in [0.5, 0.6) is 0 Å². The van der Waals surface area contributed by atoms with E-state index in [9.17, 15) is 9.59 Å². The summed E-state index contributed by atoms with van der Waals surface area (Å²) in [6.07, 6.45) is 2.87. The van der Waals surface area contributed by atoms with Gasteiger partial charge in [0, 0.05) is 13.2 Å². The molecular weight excluding hydrogens is 236 g/mol. The molecule has 3 N–H and O–H groups in total. The number of hydrogen-bond donors (Lipinski definition) is 3. The van der Waals surface area contributed by atoms with Gasteiger partial charge in [-0.05, 0) is 12.5 Å². The molecule has 100 valence electrons. The van der Waals surface area contributed by atoms with E-state index < -0.39 is 18.0 Å². The standard InChI is InChI=1S/C11H18N4O3/c1-3-4-9(10(16)17)13-11(18)12-7-8-5-6-15(2)14-8/h5-6,9H,3-4,7H2,1-2H3,(H,16,17)(H2,12,13,18)/t9-/m0/s1. The van der Waals surface area contributed by atoms with Crippen LogP contribution in [0.4, 0.5) is 4.79 Å². The van der Waals surface area contributed by atoms with Crippen LogP contribution in [0.1, 0.15) is 25.5 Å². The molecule has 0 saturated carbocycles. The summed E-state index contributed by atoms with van der Waals surface area (Å²) in [5, 5.41) is 18.0. The van der Waals surface area contributed by atoms with E-state index in [4.69, 9.17) is 5.11 Å². The Kier molecular flexibility index (Phi) is 5.16. The first kappa shape index (κ1) is 14.0. The quantitative estimate of drug-likeness (QED) is 0.687. The summed E-state index contributed by atoms with van der Waals surface area (Å²) in [6.45, 7) is 2.13. The van der Waals surface area contributed by atoms with Gasteiger partial charge in [0.05, 0.1) is 12.2 Å². The summed E-state index contributed by atoms with van der Waals surface area (Å²) in [6, 6.07) is 0.432. The number of hydrogen-bond acceptors (Lipinski definition) is 3. The molecule has 1 rings (SSSR count). The smallest absolute Gasteiger partial charge is 0.326 e. The zero-order valence-corrected chi connectivity index (χ0v) is 10.5. The van der Waals surface area contributed by atoms with Gasteiger partial charge in [-0.1, -0.05) is 13.3 Å². The lowest BCUT2D eigenvalue weighted by molar-refractivity contribution is -0.139. The highest BCUT2D eigenvalue weighted by Gasteiger charge is 2.18. The van der Waals surface area contributed by atoms with Crippen molar-refractivity contribution < 1.29 is 14.7 Å². The molecule has 0 aliphatic rings. The Hall–Kier alpha value is -2.05. The molecular formula is C11H18N4O3. The molecule has 0 aromatic carbocycles. The molecule has 2 amide bonds. The molecule has 1 heterocycles. The van der Waals surface area contributed by atoms with Crippen molar-refractivity contribution in [1.29, 1.82) is 0 Å². The predicted octanol–water partition coefficient (Wildman–Crippen LogP) is 0.473. The Morgan fingerprint density at radius 2 is 2.28 bits per heavy atom. The topological polar surface area (TPSA) is 96.3 Å². The molecule has 1 aromatic rings. The zero-order valence-electron chi connectivity index (χ0n) is 10.5. The Balaban J connectivity index is 2.38. The lowest BCUT2D eigenvalue weighted by Crippen LogP contribution is -2.45. The monoisotopic (exact) mass is 254 g/mol. The highest BCUT2D eigenvalue weighted by atomic mass is 16.4. The van der Waals surface area contributed by atoms with Crippen LogP contribution in [0.15, 0.2) is 12.3 Å². The van der Waals surface area contributed by atoms with Gasteiger partial charge in [0.15, 0.2) is 0 Å². The number of aryl methyl sites for hydroxylation is 1. The summed E-state index contributed by atoms with van der Waals surface area (Å²) < 4.78 is 1.63. The van der Waals surface area contributed by atoms with Crippen molar-refractivity contribution >= 4 is 12.0 Å². The van der Waals surface area contributed by atoms with E-state index in [0.717, 1.165) is 5.69 Å². The predicted molar refractivity (Wildman–Crippen MR) is 64.9 cm³/mol. The lowest BCUT2D eigenvalue weighted by atomic mass is 10.2. The van der Waals surface area contributed by atoms with E-state index in [1.54, 1.807) is 24.0 Å². The maximum atomic E-state index is 11.5. The van der Waals surface area contributed by atoms with Crippen LogP contribution in [-0.2, 0) is 18.4 Å². The Bertz CT molecular complexity index is 416. The van der Waals surface area contributed by atoms with Gasteiger partial charge >= 0.3 is 12.0 Å². The second kappa shape index (κ2) is 6.63. The fourth-order valence-corrected chi connectivity index (χ4v) is 1.48. The van der Waals surface area contributed by atoms with E-state index in [-0.39, 0.29) is 6.54 Å². The van der Waals surface area contributed by atoms with Crippen molar-refractivity contribution in [2.75, 3.05) is 0 Å². The first-order valence-electron chi connectivity index (χ1n) is 5.78. The van der Waals surface area contributed by atoms with Crippen LogP contribution in [0.2, 0.25) is 0 Å². The Morgan fingerprint density at radius 3 is 2.78 bits per heavy atom. The van der Waals surface area contributed by atoms with E-state index >= 15 is 0 Å². The number of aromatic nitrogens is 2. The molecule has 0 radical (unpaired) electrons. The number of urea groups is 1. The number of amides is 2. The van der Waals surface area contributed by atoms with Gasteiger partial charge in [0.1, 0.15) is 6.04 Å². The summed E-state index contributed by atoms with van der Waals surface area (Å²) in [5.41, 5.74) is 0.718. The second-order valence-corrected chi connectivity index (χ2v) is 3.99. The second-order valence-electron chi connectivity index (χ2n) is 3.99. The van der Waals surface area contributed by atoms with Crippen molar-refractivity contribution in [3.05, 3.63) is 18.0 Å². The van der Waals surface area contributed by atoms with Gasteiger partial charge in [-0.25, -0.2) is 9.59 Å². The van der Waals surface area contributed by atoms with Crippen molar-refractivity contribution in [3.63, 3.8) is 0 Å². The molecule has 0 unspecified atom stereocenters. The lowest BCUT2D eigenvalue weighted by Gasteiger charge is -2.13. The van der Waals surface area contributed by atoms with Gasteiger partial charge in [0.25, 0.3) is 0 Å². The van der Waals surface area contributed by atoms with Gasteiger partial charge in [0.2, 0.25) is 0 Å². The minimum atomic E-state index is -1.02. The summed E-state index contributed by atoms with van der Waals surface area (Å²) >= 11 is 0. The Morgan fingerprint density at radius 1 is 1.56 bits per heavy atom.